The van der Waals surface area contributed by atoms with Gasteiger partial charge in [-0.05, 0) is 29.8 Å². The lowest BCUT2D eigenvalue weighted by Crippen LogP contribution is -2.24. The number of esters is 1. The average Bonchev–Trinajstić information content (AvgIpc) is 2.59. The predicted molar refractivity (Wildman–Crippen MR) is 82.4 cm³/mol. The SMILES string of the molecule is O=C(COC(=O)[C@H](O)c1ccccc1)Nc1ccc(C(F)(F)F)cc1. The zero-order chi connectivity index (χ0) is 18.4. The van der Waals surface area contributed by atoms with Crippen LogP contribution in [-0.2, 0) is 20.5 Å². The Morgan fingerprint density at radius 3 is 2.20 bits per heavy atom. The molecule has 0 spiro atoms. The van der Waals surface area contributed by atoms with Crippen LogP contribution in [0.1, 0.15) is 17.2 Å². The Kier molecular flexibility index (Phi) is 5.76. The number of aliphatic hydroxyl groups is 1. The van der Waals surface area contributed by atoms with E-state index in [1.165, 1.54) is 12.1 Å². The number of hydrogen-bond acceptors (Lipinski definition) is 4. The molecular weight excluding hydrogens is 339 g/mol. The molecule has 25 heavy (non-hydrogen) atoms. The maximum absolute atomic E-state index is 12.4. The summed E-state index contributed by atoms with van der Waals surface area (Å²) in [7, 11) is 0. The molecule has 0 unspecified atom stereocenters. The summed E-state index contributed by atoms with van der Waals surface area (Å²) in [5.74, 6) is -1.75. The van der Waals surface area contributed by atoms with Gasteiger partial charge in [0.2, 0.25) is 0 Å². The Morgan fingerprint density at radius 2 is 1.64 bits per heavy atom. The third-order valence-electron chi connectivity index (χ3n) is 3.18. The van der Waals surface area contributed by atoms with E-state index in [0.717, 1.165) is 24.3 Å². The van der Waals surface area contributed by atoms with Gasteiger partial charge in [-0.25, -0.2) is 4.79 Å². The lowest BCUT2D eigenvalue weighted by molar-refractivity contribution is -0.156. The quantitative estimate of drug-likeness (QED) is 0.811. The highest BCUT2D eigenvalue weighted by Crippen LogP contribution is 2.29. The number of benzene rings is 2. The molecule has 8 heteroatoms. The van der Waals surface area contributed by atoms with Gasteiger partial charge in [-0.15, -0.1) is 0 Å². The first-order valence-corrected chi connectivity index (χ1v) is 7.14. The van der Waals surface area contributed by atoms with Crippen LogP contribution in [-0.4, -0.2) is 23.6 Å². The van der Waals surface area contributed by atoms with Gasteiger partial charge in [0.1, 0.15) is 0 Å². The minimum absolute atomic E-state index is 0.123. The molecule has 0 aliphatic carbocycles. The standard InChI is InChI=1S/C17H14F3NO4/c18-17(19,20)12-6-8-13(9-7-12)21-14(22)10-25-16(24)15(23)11-4-2-1-3-5-11/h1-9,15,23H,10H2,(H,21,22)/t15-/m1/s1. The Hall–Kier alpha value is -2.87. The van der Waals surface area contributed by atoms with E-state index in [9.17, 15) is 27.9 Å². The number of carbonyl (C=O) groups excluding carboxylic acids is 2. The van der Waals surface area contributed by atoms with Gasteiger partial charge >= 0.3 is 12.1 Å². The van der Waals surface area contributed by atoms with Gasteiger partial charge in [0.15, 0.2) is 12.7 Å². The lowest BCUT2D eigenvalue weighted by atomic mass is 10.1. The van der Waals surface area contributed by atoms with Gasteiger partial charge in [-0.1, -0.05) is 30.3 Å². The molecule has 132 valence electrons. The summed E-state index contributed by atoms with van der Waals surface area (Å²) in [5, 5.41) is 12.1. The van der Waals surface area contributed by atoms with Gasteiger partial charge in [-0.3, -0.25) is 4.79 Å². The molecule has 5 nitrogen and oxygen atoms in total. The fourth-order valence-electron chi connectivity index (χ4n) is 1.93. The second-order valence-corrected chi connectivity index (χ2v) is 5.04. The van der Waals surface area contributed by atoms with Crippen molar-refractivity contribution in [3.05, 3.63) is 65.7 Å². The van der Waals surface area contributed by atoms with E-state index in [1.54, 1.807) is 18.2 Å². The highest BCUT2D eigenvalue weighted by atomic mass is 19.4. The maximum atomic E-state index is 12.4. The number of anilines is 1. The fraction of sp³-hybridized carbons (Fsp3) is 0.176. The summed E-state index contributed by atoms with van der Waals surface area (Å²) in [5.41, 5.74) is -0.406. The smallest absolute Gasteiger partial charge is 0.416 e. The Labute approximate surface area is 141 Å². The average molecular weight is 353 g/mol. The number of amides is 1. The zero-order valence-electron chi connectivity index (χ0n) is 12.8. The molecule has 2 N–H and O–H groups in total. The topological polar surface area (TPSA) is 75.6 Å². The van der Waals surface area contributed by atoms with Crippen LogP contribution in [0, 0.1) is 0 Å². The molecule has 2 aromatic rings. The first-order valence-electron chi connectivity index (χ1n) is 7.14. The van der Waals surface area contributed by atoms with E-state index in [-0.39, 0.29) is 5.69 Å². The molecule has 0 fully saturated rings. The second-order valence-electron chi connectivity index (χ2n) is 5.04. The second kappa shape index (κ2) is 7.80. The van der Waals surface area contributed by atoms with Crippen molar-refractivity contribution < 1.29 is 32.6 Å². The van der Waals surface area contributed by atoms with Crippen LogP contribution in [0.5, 0.6) is 0 Å². The Bertz CT molecular complexity index is 730. The summed E-state index contributed by atoms with van der Waals surface area (Å²) < 4.78 is 42.0. The number of hydrogen-bond donors (Lipinski definition) is 2. The molecule has 0 saturated carbocycles. The van der Waals surface area contributed by atoms with E-state index in [4.69, 9.17) is 0 Å². The van der Waals surface area contributed by atoms with E-state index in [1.807, 2.05) is 0 Å². The molecular formula is C17H14F3NO4. The number of nitrogens with one attached hydrogen (secondary N) is 1. The molecule has 2 rings (SSSR count). The van der Waals surface area contributed by atoms with Crippen molar-refractivity contribution >= 4 is 17.6 Å². The van der Waals surface area contributed by atoms with Crippen molar-refractivity contribution in [3.8, 4) is 0 Å². The van der Waals surface area contributed by atoms with Crippen molar-refractivity contribution in [2.45, 2.75) is 12.3 Å². The summed E-state index contributed by atoms with van der Waals surface area (Å²) in [4.78, 5) is 23.3. The number of ether oxygens (including phenoxy) is 1. The van der Waals surface area contributed by atoms with Crippen molar-refractivity contribution in [3.63, 3.8) is 0 Å². The number of alkyl halides is 3. The third-order valence-corrected chi connectivity index (χ3v) is 3.18. The summed E-state index contributed by atoms with van der Waals surface area (Å²) in [6, 6.07) is 11.8. The van der Waals surface area contributed by atoms with Gasteiger partial charge in [0.05, 0.1) is 5.56 Å². The summed E-state index contributed by atoms with van der Waals surface area (Å²) >= 11 is 0. The van der Waals surface area contributed by atoms with Crippen molar-refractivity contribution in [1.82, 2.24) is 0 Å². The normalized spacial score (nSPS) is 12.3. The van der Waals surface area contributed by atoms with Crippen molar-refractivity contribution in [2.24, 2.45) is 0 Å². The maximum Gasteiger partial charge on any atom is 0.416 e. The van der Waals surface area contributed by atoms with E-state index >= 15 is 0 Å². The molecule has 2 aromatic carbocycles. The van der Waals surface area contributed by atoms with Crippen LogP contribution in [0.3, 0.4) is 0 Å². The van der Waals surface area contributed by atoms with Crippen molar-refractivity contribution in [1.29, 1.82) is 0 Å². The van der Waals surface area contributed by atoms with Gasteiger partial charge < -0.3 is 15.2 Å². The Balaban J connectivity index is 1.85. The van der Waals surface area contributed by atoms with Crippen LogP contribution in [0.15, 0.2) is 54.6 Å². The number of aliphatic hydroxyl groups excluding tert-OH is 1. The Morgan fingerprint density at radius 1 is 1.04 bits per heavy atom. The van der Waals surface area contributed by atoms with Gasteiger partial charge in [-0.2, -0.15) is 13.2 Å². The fourth-order valence-corrected chi connectivity index (χ4v) is 1.93. The van der Waals surface area contributed by atoms with Crippen LogP contribution in [0.2, 0.25) is 0 Å². The zero-order valence-corrected chi connectivity index (χ0v) is 12.8. The number of halogens is 3. The van der Waals surface area contributed by atoms with Crippen LogP contribution in [0.25, 0.3) is 0 Å². The van der Waals surface area contributed by atoms with E-state index in [2.05, 4.69) is 10.1 Å². The molecule has 0 heterocycles. The molecule has 0 aliphatic rings. The molecule has 0 aliphatic heterocycles. The summed E-state index contributed by atoms with van der Waals surface area (Å²) in [6.07, 6.45) is -5.99. The largest absolute Gasteiger partial charge is 0.453 e. The first kappa shape index (κ1) is 18.5. The summed E-state index contributed by atoms with van der Waals surface area (Å²) in [6.45, 7) is -0.677. The molecule has 0 radical (unpaired) electrons. The third kappa shape index (κ3) is 5.32. The van der Waals surface area contributed by atoms with Gasteiger partial charge in [0, 0.05) is 5.69 Å². The highest BCUT2D eigenvalue weighted by molar-refractivity contribution is 5.93. The van der Waals surface area contributed by atoms with Gasteiger partial charge in [0.25, 0.3) is 5.91 Å². The molecule has 0 aromatic heterocycles. The highest BCUT2D eigenvalue weighted by Gasteiger charge is 2.30. The molecule has 0 bridgehead atoms. The minimum Gasteiger partial charge on any atom is -0.453 e. The molecule has 1 amide bonds. The van der Waals surface area contributed by atoms with Crippen LogP contribution < -0.4 is 5.32 Å². The number of carbonyl (C=O) groups is 2. The van der Waals surface area contributed by atoms with Crippen LogP contribution >= 0.6 is 0 Å². The van der Waals surface area contributed by atoms with Crippen LogP contribution in [0.4, 0.5) is 18.9 Å². The van der Waals surface area contributed by atoms with E-state index < -0.39 is 36.3 Å². The predicted octanol–water partition coefficient (Wildman–Crippen LogP) is 2.92. The molecule has 0 saturated heterocycles. The lowest BCUT2D eigenvalue weighted by Gasteiger charge is -2.11. The van der Waals surface area contributed by atoms with Crippen molar-refractivity contribution in [2.75, 3.05) is 11.9 Å². The first-order chi connectivity index (χ1) is 11.8. The monoisotopic (exact) mass is 353 g/mol. The van der Waals surface area contributed by atoms with E-state index in [0.29, 0.717) is 5.56 Å². The molecule has 1 atom stereocenters. The minimum atomic E-state index is -4.47. The number of rotatable bonds is 5.